The summed E-state index contributed by atoms with van der Waals surface area (Å²) in [6.45, 7) is -0.567. The van der Waals surface area contributed by atoms with Crippen LogP contribution in [-0.2, 0) is 33.6 Å². The van der Waals surface area contributed by atoms with Crippen LogP contribution in [0.15, 0.2) is 0 Å². The summed E-state index contributed by atoms with van der Waals surface area (Å²) in [5.41, 5.74) is 2.49. The van der Waals surface area contributed by atoms with E-state index >= 15 is 0 Å². The second kappa shape index (κ2) is 15.4. The molecule has 0 aromatic heterocycles. The van der Waals surface area contributed by atoms with Gasteiger partial charge in [-0.3, -0.25) is 28.8 Å². The number of carboxylic acids is 5. The molecule has 2 amide bonds. The molecule has 0 aliphatic rings. The summed E-state index contributed by atoms with van der Waals surface area (Å²) < 4.78 is 0. The first-order chi connectivity index (χ1) is 15.0. The highest BCUT2D eigenvalue weighted by atomic mass is 32.1. The summed E-state index contributed by atoms with van der Waals surface area (Å²) in [5.74, 6) is -8.72. The van der Waals surface area contributed by atoms with E-state index in [1.807, 2.05) is 0 Å². The van der Waals surface area contributed by atoms with Crippen LogP contribution in [0, 0.1) is 0 Å². The molecule has 17 heteroatoms. The molecule has 0 aromatic carbocycles. The lowest BCUT2D eigenvalue weighted by Gasteiger charge is -2.18. The zero-order valence-electron chi connectivity index (χ0n) is 17.0. The van der Waals surface area contributed by atoms with E-state index in [-0.39, 0.29) is 18.6 Å². The van der Waals surface area contributed by atoms with Crippen LogP contribution in [0.2, 0.25) is 0 Å². The number of carbonyl (C=O) groups is 7. The highest BCUT2D eigenvalue weighted by Gasteiger charge is 2.40. The van der Waals surface area contributed by atoms with E-state index in [4.69, 9.17) is 36.4 Å². The number of thiol groups is 1. The molecular formula is C16H25N3O13S. The molecule has 0 radical (unpaired) electrons. The van der Waals surface area contributed by atoms with Crippen molar-refractivity contribution >= 4 is 54.3 Å². The van der Waals surface area contributed by atoms with Gasteiger partial charge in [0.05, 0.1) is 12.8 Å². The number of amides is 2. The topological polar surface area (TPSA) is 291 Å². The van der Waals surface area contributed by atoms with Crippen LogP contribution in [0.25, 0.3) is 0 Å². The number of carboxylic acid groups (broad SMARTS) is 5. The molecule has 2 atom stereocenters. The van der Waals surface area contributed by atoms with Crippen molar-refractivity contribution in [1.29, 1.82) is 0 Å². The van der Waals surface area contributed by atoms with Crippen molar-refractivity contribution in [3.63, 3.8) is 0 Å². The quantitative estimate of drug-likeness (QED) is 0.104. The van der Waals surface area contributed by atoms with Gasteiger partial charge in [0.15, 0.2) is 5.60 Å². The molecular weight excluding hydrogens is 474 g/mol. The molecule has 0 aliphatic carbocycles. The van der Waals surface area contributed by atoms with Gasteiger partial charge in [-0.15, -0.1) is 0 Å². The predicted molar refractivity (Wildman–Crippen MR) is 108 cm³/mol. The van der Waals surface area contributed by atoms with Crippen molar-refractivity contribution in [2.24, 2.45) is 5.73 Å². The smallest absolute Gasteiger partial charge is 0.336 e. The van der Waals surface area contributed by atoms with E-state index in [0.29, 0.717) is 0 Å². The molecule has 10 N–H and O–H groups in total. The molecule has 33 heavy (non-hydrogen) atoms. The summed E-state index contributed by atoms with van der Waals surface area (Å²) in [7, 11) is 0. The van der Waals surface area contributed by atoms with Crippen LogP contribution in [0.5, 0.6) is 0 Å². The third kappa shape index (κ3) is 15.1. The fourth-order valence-electron chi connectivity index (χ4n) is 1.87. The second-order valence-electron chi connectivity index (χ2n) is 6.38. The second-order valence-corrected chi connectivity index (χ2v) is 6.74. The summed E-state index contributed by atoms with van der Waals surface area (Å²) in [6, 6.07) is -2.15. The van der Waals surface area contributed by atoms with E-state index in [1.54, 1.807) is 0 Å². The number of aliphatic hydroxyl groups is 1. The number of carbonyl (C=O) groups excluding carboxylic acids is 2. The van der Waals surface area contributed by atoms with Crippen LogP contribution < -0.4 is 16.4 Å². The first-order valence-corrected chi connectivity index (χ1v) is 9.46. The Kier molecular flexibility index (Phi) is 14.8. The van der Waals surface area contributed by atoms with Crippen molar-refractivity contribution in [2.45, 2.75) is 43.4 Å². The van der Waals surface area contributed by atoms with E-state index in [2.05, 4.69) is 23.3 Å². The molecule has 16 nitrogen and oxygen atoms in total. The van der Waals surface area contributed by atoms with Crippen LogP contribution in [-0.4, -0.2) is 102 Å². The maximum Gasteiger partial charge on any atom is 0.336 e. The van der Waals surface area contributed by atoms with E-state index in [0.717, 1.165) is 0 Å². The highest BCUT2D eigenvalue weighted by molar-refractivity contribution is 7.80. The number of hydrogen-bond donors (Lipinski definition) is 10. The van der Waals surface area contributed by atoms with Crippen LogP contribution >= 0.6 is 12.6 Å². The van der Waals surface area contributed by atoms with Crippen molar-refractivity contribution < 1.29 is 64.2 Å². The Morgan fingerprint density at radius 1 is 0.879 bits per heavy atom. The predicted octanol–water partition coefficient (Wildman–Crippen LogP) is -3.45. The summed E-state index contributed by atoms with van der Waals surface area (Å²) in [5, 5.41) is 55.2. The summed E-state index contributed by atoms with van der Waals surface area (Å²) >= 11 is 3.87. The SMILES string of the molecule is NC(CCC(=O)NC(CS)C(=O)NCC(=O)O)C(=O)O.O=C(O)CC(O)(CC(=O)O)C(=O)O. The van der Waals surface area contributed by atoms with E-state index in [9.17, 15) is 33.6 Å². The minimum Gasteiger partial charge on any atom is -0.481 e. The normalized spacial score (nSPS) is 12.2. The van der Waals surface area contributed by atoms with Gasteiger partial charge in [-0.05, 0) is 6.42 Å². The highest BCUT2D eigenvalue weighted by Crippen LogP contribution is 2.15. The van der Waals surface area contributed by atoms with Crippen LogP contribution in [0.4, 0.5) is 0 Å². The monoisotopic (exact) mass is 499 g/mol. The number of nitrogens with one attached hydrogen (secondary N) is 2. The third-order valence-corrected chi connectivity index (χ3v) is 3.90. The molecule has 0 spiro atoms. The minimum absolute atomic E-state index is 0.0256. The number of nitrogens with two attached hydrogens (primary N) is 1. The van der Waals surface area contributed by atoms with E-state index < -0.39 is 78.7 Å². The zero-order valence-corrected chi connectivity index (χ0v) is 17.9. The molecule has 0 aliphatic heterocycles. The Bertz CT molecular complexity index is 742. The molecule has 0 rings (SSSR count). The van der Waals surface area contributed by atoms with Crippen molar-refractivity contribution in [3.8, 4) is 0 Å². The standard InChI is InChI=1S/C10H17N3O6S.C6H8O7/c11-5(10(18)19)1-2-7(14)13-6(4-20)9(17)12-3-8(15)16;7-3(8)1-6(13,5(11)12)2-4(9)10/h5-6,20H,1-4,11H2,(H,12,17)(H,13,14)(H,15,16)(H,18,19);13H,1-2H2,(H,7,8)(H,9,10)(H,11,12). The van der Waals surface area contributed by atoms with Gasteiger partial charge in [0.1, 0.15) is 18.6 Å². The van der Waals surface area contributed by atoms with Gasteiger partial charge in [0.25, 0.3) is 0 Å². The van der Waals surface area contributed by atoms with Crippen LogP contribution in [0.1, 0.15) is 25.7 Å². The first-order valence-electron chi connectivity index (χ1n) is 8.83. The number of aliphatic carboxylic acids is 5. The molecule has 2 unspecified atom stereocenters. The van der Waals surface area contributed by atoms with Crippen molar-refractivity contribution in [3.05, 3.63) is 0 Å². The number of rotatable bonds is 14. The Balaban J connectivity index is 0. The lowest BCUT2D eigenvalue weighted by Crippen LogP contribution is -2.49. The molecule has 0 saturated heterocycles. The fraction of sp³-hybridized carbons (Fsp3) is 0.562. The van der Waals surface area contributed by atoms with Gasteiger partial charge in [-0.2, -0.15) is 12.6 Å². The fourth-order valence-corrected chi connectivity index (χ4v) is 2.13. The average molecular weight is 499 g/mol. The molecule has 188 valence electrons. The molecule has 0 saturated carbocycles. The Hall–Kier alpha value is -3.44. The van der Waals surface area contributed by atoms with Gasteiger partial charge < -0.3 is 47.0 Å². The van der Waals surface area contributed by atoms with E-state index in [1.165, 1.54) is 0 Å². The first kappa shape index (κ1) is 31.7. The molecule has 0 bridgehead atoms. The van der Waals surface area contributed by atoms with Crippen molar-refractivity contribution in [2.75, 3.05) is 12.3 Å². The third-order valence-electron chi connectivity index (χ3n) is 3.53. The zero-order chi connectivity index (χ0) is 26.4. The molecule has 0 fully saturated rings. The average Bonchev–Trinajstić information content (AvgIpc) is 2.67. The van der Waals surface area contributed by atoms with Crippen LogP contribution in [0.3, 0.4) is 0 Å². The Morgan fingerprint density at radius 3 is 1.70 bits per heavy atom. The maximum atomic E-state index is 11.5. The molecule has 0 heterocycles. The van der Waals surface area contributed by atoms with Gasteiger partial charge in [-0.25, -0.2) is 4.79 Å². The Morgan fingerprint density at radius 2 is 1.36 bits per heavy atom. The van der Waals surface area contributed by atoms with Gasteiger partial charge in [0.2, 0.25) is 11.8 Å². The minimum atomic E-state index is -2.74. The van der Waals surface area contributed by atoms with Crippen molar-refractivity contribution in [1.82, 2.24) is 10.6 Å². The summed E-state index contributed by atoms with van der Waals surface area (Å²) in [6.07, 6.45) is -2.52. The lowest BCUT2D eigenvalue weighted by atomic mass is 9.96. The van der Waals surface area contributed by atoms with Gasteiger partial charge in [-0.1, -0.05) is 0 Å². The lowest BCUT2D eigenvalue weighted by molar-refractivity contribution is -0.170. The van der Waals surface area contributed by atoms with Gasteiger partial charge >= 0.3 is 29.8 Å². The summed E-state index contributed by atoms with van der Waals surface area (Å²) in [4.78, 5) is 74.2. The molecule has 0 aromatic rings. The Labute approximate surface area is 191 Å². The largest absolute Gasteiger partial charge is 0.481 e. The maximum absolute atomic E-state index is 11.5. The number of hydrogen-bond acceptors (Lipinski definition) is 10. The van der Waals surface area contributed by atoms with Gasteiger partial charge in [0, 0.05) is 12.2 Å².